The van der Waals surface area contributed by atoms with E-state index in [0.717, 1.165) is 16.7 Å². The average Bonchev–Trinajstić information content (AvgIpc) is 2.77. The number of fused-ring (bicyclic) bond motifs is 1. The van der Waals surface area contributed by atoms with E-state index in [-0.39, 0.29) is 17.2 Å². The number of hydrogen-bond acceptors (Lipinski definition) is 6. The van der Waals surface area contributed by atoms with Crippen molar-refractivity contribution in [3.8, 4) is 0 Å². The first-order valence-corrected chi connectivity index (χ1v) is 10.7. The van der Waals surface area contributed by atoms with E-state index < -0.39 is 5.97 Å². The zero-order valence-corrected chi connectivity index (χ0v) is 18.8. The molecule has 8 heteroatoms. The van der Waals surface area contributed by atoms with Crippen LogP contribution in [0.4, 0.5) is 11.6 Å². The molecule has 8 nitrogen and oxygen atoms in total. The summed E-state index contributed by atoms with van der Waals surface area (Å²) >= 11 is 0. The van der Waals surface area contributed by atoms with Gasteiger partial charge in [0.1, 0.15) is 0 Å². The molecule has 0 bridgehead atoms. The fourth-order valence-electron chi connectivity index (χ4n) is 4.19. The highest BCUT2D eigenvalue weighted by atomic mass is 16.5. The third-order valence-electron chi connectivity index (χ3n) is 5.87. The van der Waals surface area contributed by atoms with Crippen LogP contribution >= 0.6 is 0 Å². The molecule has 2 heterocycles. The lowest BCUT2D eigenvalue weighted by molar-refractivity contribution is 0.0697. The van der Waals surface area contributed by atoms with Crippen LogP contribution in [-0.4, -0.2) is 46.9 Å². The molecule has 0 amide bonds. The van der Waals surface area contributed by atoms with Gasteiger partial charge >= 0.3 is 5.97 Å². The van der Waals surface area contributed by atoms with E-state index in [2.05, 4.69) is 10.2 Å². The first kappa shape index (κ1) is 21.8. The second kappa shape index (κ2) is 8.63. The minimum atomic E-state index is -0.987. The predicted octanol–water partition coefficient (Wildman–Crippen LogP) is 3.26. The van der Waals surface area contributed by atoms with E-state index in [9.17, 15) is 14.7 Å². The monoisotopic (exact) mass is 436 g/mol. The van der Waals surface area contributed by atoms with Crippen LogP contribution in [0.15, 0.2) is 35.1 Å². The summed E-state index contributed by atoms with van der Waals surface area (Å²) in [5, 5.41) is 13.5. The van der Waals surface area contributed by atoms with Crippen LogP contribution in [0, 0.1) is 13.8 Å². The van der Waals surface area contributed by atoms with Gasteiger partial charge in [0.15, 0.2) is 0 Å². The summed E-state index contributed by atoms with van der Waals surface area (Å²) in [5.41, 5.74) is 3.95. The minimum Gasteiger partial charge on any atom is -0.478 e. The topological polar surface area (TPSA) is 96.7 Å². The molecule has 0 spiro atoms. The number of carboxylic acids is 1. The third kappa shape index (κ3) is 4.05. The number of morpholine rings is 1. The molecule has 1 aliphatic heterocycles. The number of nitrogens with one attached hydrogen (secondary N) is 1. The SMILES string of the molecule is Cc1ccc(NC(C)c2cc(C)cc3c(=O)n(C)c(N4CCOCC4)nc23)c(C(=O)O)c1. The maximum Gasteiger partial charge on any atom is 0.337 e. The zero-order valence-electron chi connectivity index (χ0n) is 18.8. The number of rotatable bonds is 5. The summed E-state index contributed by atoms with van der Waals surface area (Å²) in [6, 6.07) is 8.90. The Labute approximate surface area is 186 Å². The lowest BCUT2D eigenvalue weighted by Gasteiger charge is -2.29. The normalized spacial score (nSPS) is 15.1. The van der Waals surface area contributed by atoms with Crippen LogP contribution in [0.25, 0.3) is 10.9 Å². The molecular weight excluding hydrogens is 408 g/mol. The van der Waals surface area contributed by atoms with E-state index in [0.29, 0.717) is 48.8 Å². The molecule has 1 saturated heterocycles. The van der Waals surface area contributed by atoms with Gasteiger partial charge in [-0.05, 0) is 44.5 Å². The van der Waals surface area contributed by atoms with Gasteiger partial charge in [0.05, 0.1) is 35.7 Å². The molecule has 0 radical (unpaired) electrons. The van der Waals surface area contributed by atoms with Gasteiger partial charge in [0, 0.05) is 31.4 Å². The molecule has 3 aromatic rings. The highest BCUT2D eigenvalue weighted by Gasteiger charge is 2.21. The summed E-state index contributed by atoms with van der Waals surface area (Å²) in [4.78, 5) is 31.9. The first-order valence-electron chi connectivity index (χ1n) is 10.7. The van der Waals surface area contributed by atoms with Crippen molar-refractivity contribution in [1.82, 2.24) is 9.55 Å². The molecule has 1 fully saturated rings. The summed E-state index contributed by atoms with van der Waals surface area (Å²) < 4.78 is 7.04. The van der Waals surface area contributed by atoms with E-state index in [1.807, 2.05) is 39.0 Å². The van der Waals surface area contributed by atoms with Gasteiger partial charge < -0.3 is 20.1 Å². The van der Waals surface area contributed by atoms with Crippen LogP contribution in [-0.2, 0) is 11.8 Å². The van der Waals surface area contributed by atoms with E-state index in [4.69, 9.17) is 9.72 Å². The fraction of sp³-hybridized carbons (Fsp3) is 0.375. The van der Waals surface area contributed by atoms with Crippen molar-refractivity contribution in [3.05, 3.63) is 62.9 Å². The molecule has 0 saturated carbocycles. The number of aromatic carboxylic acids is 1. The van der Waals surface area contributed by atoms with Crippen LogP contribution in [0.5, 0.6) is 0 Å². The molecule has 1 aliphatic rings. The maximum absolute atomic E-state index is 13.2. The number of aryl methyl sites for hydroxylation is 2. The summed E-state index contributed by atoms with van der Waals surface area (Å²) in [6.45, 7) is 8.29. The van der Waals surface area contributed by atoms with E-state index in [1.165, 1.54) is 0 Å². The number of aromatic nitrogens is 2. The van der Waals surface area contributed by atoms with Crippen molar-refractivity contribution >= 4 is 28.5 Å². The number of nitrogens with zero attached hydrogens (tertiary/aromatic N) is 3. The highest BCUT2D eigenvalue weighted by Crippen LogP contribution is 2.29. The Bertz CT molecular complexity index is 1240. The van der Waals surface area contributed by atoms with Gasteiger partial charge in [0.2, 0.25) is 5.95 Å². The highest BCUT2D eigenvalue weighted by molar-refractivity contribution is 5.94. The maximum atomic E-state index is 13.2. The summed E-state index contributed by atoms with van der Waals surface area (Å²) in [5.74, 6) is -0.372. The van der Waals surface area contributed by atoms with Crippen LogP contribution < -0.4 is 15.8 Å². The van der Waals surface area contributed by atoms with Crippen LogP contribution in [0.1, 0.15) is 40.0 Å². The molecule has 1 aromatic heterocycles. The Morgan fingerprint density at radius 2 is 1.88 bits per heavy atom. The molecule has 0 aliphatic carbocycles. The number of carbonyl (C=O) groups is 1. The van der Waals surface area contributed by atoms with Crippen LogP contribution in [0.3, 0.4) is 0 Å². The second-order valence-electron chi connectivity index (χ2n) is 8.35. The number of anilines is 2. The number of benzene rings is 2. The lowest BCUT2D eigenvalue weighted by Crippen LogP contribution is -2.40. The van der Waals surface area contributed by atoms with Crippen molar-refractivity contribution in [2.45, 2.75) is 26.8 Å². The average molecular weight is 437 g/mol. The Kier molecular flexibility index (Phi) is 5.88. The van der Waals surface area contributed by atoms with Crippen molar-refractivity contribution in [2.75, 3.05) is 36.5 Å². The van der Waals surface area contributed by atoms with Crippen LogP contribution in [0.2, 0.25) is 0 Å². The smallest absolute Gasteiger partial charge is 0.337 e. The van der Waals surface area contributed by atoms with Gasteiger partial charge in [-0.1, -0.05) is 17.7 Å². The van der Waals surface area contributed by atoms with Gasteiger partial charge in [-0.25, -0.2) is 9.78 Å². The predicted molar refractivity (Wildman–Crippen MR) is 125 cm³/mol. The number of hydrogen-bond donors (Lipinski definition) is 2. The largest absolute Gasteiger partial charge is 0.478 e. The summed E-state index contributed by atoms with van der Waals surface area (Å²) in [7, 11) is 1.74. The van der Waals surface area contributed by atoms with Gasteiger partial charge in [0.25, 0.3) is 5.56 Å². The van der Waals surface area contributed by atoms with Gasteiger partial charge in [-0.3, -0.25) is 9.36 Å². The molecule has 1 unspecified atom stereocenters. The number of carboxylic acid groups (broad SMARTS) is 1. The molecule has 168 valence electrons. The van der Waals surface area contributed by atoms with Crippen molar-refractivity contribution in [3.63, 3.8) is 0 Å². The van der Waals surface area contributed by atoms with Gasteiger partial charge in [-0.2, -0.15) is 0 Å². The first-order chi connectivity index (χ1) is 15.3. The zero-order chi connectivity index (χ0) is 23.0. The Balaban J connectivity index is 1.82. The lowest BCUT2D eigenvalue weighted by atomic mass is 10.00. The van der Waals surface area contributed by atoms with Crippen molar-refractivity contribution in [1.29, 1.82) is 0 Å². The molecule has 4 rings (SSSR count). The third-order valence-corrected chi connectivity index (χ3v) is 5.87. The molecular formula is C24H28N4O4. The minimum absolute atomic E-state index is 0.102. The molecule has 1 atom stereocenters. The Morgan fingerprint density at radius 3 is 2.56 bits per heavy atom. The molecule has 2 aromatic carbocycles. The number of ether oxygens (including phenoxy) is 1. The summed E-state index contributed by atoms with van der Waals surface area (Å²) in [6.07, 6.45) is 0. The fourth-order valence-corrected chi connectivity index (χ4v) is 4.19. The standard InChI is InChI=1S/C24H28N4O4/c1-14-5-6-20(18(11-14)23(30)31)25-16(3)17-12-15(2)13-19-21(17)26-24(27(4)22(19)29)28-7-9-32-10-8-28/h5-6,11-13,16,25H,7-10H2,1-4H3,(H,30,31). The Morgan fingerprint density at radius 1 is 1.16 bits per heavy atom. The Hall–Kier alpha value is -3.39. The molecule has 32 heavy (non-hydrogen) atoms. The molecule has 2 N–H and O–H groups in total. The quantitative estimate of drug-likeness (QED) is 0.634. The van der Waals surface area contributed by atoms with E-state index in [1.54, 1.807) is 23.7 Å². The van der Waals surface area contributed by atoms with Crippen molar-refractivity contribution in [2.24, 2.45) is 7.05 Å². The second-order valence-corrected chi connectivity index (χ2v) is 8.35. The van der Waals surface area contributed by atoms with E-state index >= 15 is 0 Å². The van der Waals surface area contributed by atoms with Gasteiger partial charge in [-0.15, -0.1) is 0 Å². The van der Waals surface area contributed by atoms with Crippen molar-refractivity contribution < 1.29 is 14.6 Å².